The van der Waals surface area contributed by atoms with Crippen molar-refractivity contribution in [3.8, 4) is 0 Å². The summed E-state index contributed by atoms with van der Waals surface area (Å²) in [4.78, 5) is 7.95. The number of aryl methyl sites for hydroxylation is 2. The van der Waals surface area contributed by atoms with Crippen LogP contribution in [0.15, 0.2) is 17.2 Å². The summed E-state index contributed by atoms with van der Waals surface area (Å²) >= 11 is 5.81. The van der Waals surface area contributed by atoms with Crippen LogP contribution in [0.1, 0.15) is 30.5 Å². The number of hydrogen-bond donors (Lipinski definition) is 2. The first-order valence-electron chi connectivity index (χ1n) is 6.71. The van der Waals surface area contributed by atoms with Gasteiger partial charge in [-0.25, -0.2) is 27.8 Å². The second-order valence-corrected chi connectivity index (χ2v) is 7.21. The van der Waals surface area contributed by atoms with Crippen LogP contribution in [0.4, 0.5) is 5.82 Å². The van der Waals surface area contributed by atoms with Crippen molar-refractivity contribution in [1.29, 1.82) is 0 Å². The third kappa shape index (κ3) is 2.79. The van der Waals surface area contributed by atoms with Crippen molar-refractivity contribution in [2.75, 3.05) is 5.73 Å². The van der Waals surface area contributed by atoms with Crippen LogP contribution in [0, 0.1) is 6.92 Å². The first-order valence-corrected chi connectivity index (χ1v) is 8.57. The molecule has 118 valence electrons. The molecule has 3 rings (SSSR count). The van der Waals surface area contributed by atoms with Gasteiger partial charge in [0, 0.05) is 12.7 Å². The summed E-state index contributed by atoms with van der Waals surface area (Å²) in [5, 5.41) is 4.45. The molecule has 0 amide bonds. The first-order chi connectivity index (χ1) is 10.4. The smallest absolute Gasteiger partial charge is 0.244 e. The van der Waals surface area contributed by atoms with Gasteiger partial charge in [0.05, 0.1) is 11.1 Å². The van der Waals surface area contributed by atoms with E-state index in [9.17, 15) is 8.42 Å². The molecule has 1 atom stereocenters. The lowest BCUT2D eigenvalue weighted by atomic mass is 10.1. The Morgan fingerprint density at radius 3 is 3.05 bits per heavy atom. The Balaban J connectivity index is 1.94. The molecule has 0 spiro atoms. The summed E-state index contributed by atoms with van der Waals surface area (Å²) in [6.45, 7) is 2.50. The van der Waals surface area contributed by atoms with Gasteiger partial charge in [-0.3, -0.25) is 0 Å². The molecule has 3 heterocycles. The van der Waals surface area contributed by atoms with Gasteiger partial charge < -0.3 is 5.73 Å². The van der Waals surface area contributed by atoms with Crippen molar-refractivity contribution >= 4 is 27.4 Å². The van der Waals surface area contributed by atoms with E-state index in [-0.39, 0.29) is 15.7 Å². The number of fused-ring (bicyclic) bond motifs is 1. The van der Waals surface area contributed by atoms with Crippen molar-refractivity contribution in [2.45, 2.75) is 37.2 Å². The Hall–Kier alpha value is -1.71. The van der Waals surface area contributed by atoms with E-state index in [2.05, 4.69) is 19.8 Å². The minimum absolute atomic E-state index is 0.0923. The van der Waals surface area contributed by atoms with Crippen molar-refractivity contribution < 1.29 is 8.42 Å². The van der Waals surface area contributed by atoms with Gasteiger partial charge in [-0.15, -0.1) is 0 Å². The zero-order valence-electron chi connectivity index (χ0n) is 11.8. The molecule has 10 heteroatoms. The molecule has 0 aromatic carbocycles. The number of rotatable bonds is 3. The van der Waals surface area contributed by atoms with Crippen LogP contribution in [-0.2, 0) is 16.6 Å². The summed E-state index contributed by atoms with van der Waals surface area (Å²) < 4.78 is 29.4. The average molecular weight is 343 g/mol. The van der Waals surface area contributed by atoms with Gasteiger partial charge in [-0.1, -0.05) is 11.6 Å². The highest BCUT2D eigenvalue weighted by Crippen LogP contribution is 2.27. The van der Waals surface area contributed by atoms with Crippen molar-refractivity contribution in [2.24, 2.45) is 0 Å². The molecule has 0 aliphatic carbocycles. The average Bonchev–Trinajstić information content (AvgIpc) is 2.82. The number of anilines is 1. The number of hydrogen-bond acceptors (Lipinski definition) is 6. The number of pyridine rings is 1. The van der Waals surface area contributed by atoms with Crippen LogP contribution in [-0.4, -0.2) is 28.2 Å². The van der Waals surface area contributed by atoms with Gasteiger partial charge >= 0.3 is 0 Å². The van der Waals surface area contributed by atoms with Gasteiger partial charge in [-0.05, 0) is 25.8 Å². The number of halogens is 1. The van der Waals surface area contributed by atoms with Gasteiger partial charge in [-0.2, -0.15) is 5.10 Å². The standard InChI is InChI=1S/C12H15ClN6O2S/c1-7-16-12-9(3-2-4-19(12)17-7)18-22(20,21)10-5-8(13)6-15-11(10)14/h5-6,9,18H,2-4H2,1H3,(H2,14,15). The van der Waals surface area contributed by atoms with Gasteiger partial charge in [0.15, 0.2) is 0 Å². The Morgan fingerprint density at radius 1 is 1.50 bits per heavy atom. The molecule has 0 bridgehead atoms. The molecule has 2 aromatic rings. The topological polar surface area (TPSA) is 116 Å². The normalized spacial score (nSPS) is 18.2. The highest BCUT2D eigenvalue weighted by Gasteiger charge is 2.29. The van der Waals surface area contributed by atoms with Crippen LogP contribution < -0.4 is 10.5 Å². The molecular formula is C12H15ClN6O2S. The first kappa shape index (κ1) is 15.2. The predicted octanol–water partition coefficient (Wildman–Crippen LogP) is 1.03. The molecule has 0 fully saturated rings. The van der Waals surface area contributed by atoms with Gasteiger partial charge in [0.2, 0.25) is 10.0 Å². The van der Waals surface area contributed by atoms with E-state index in [0.717, 1.165) is 13.0 Å². The van der Waals surface area contributed by atoms with Crippen LogP contribution in [0.5, 0.6) is 0 Å². The lowest BCUT2D eigenvalue weighted by molar-refractivity contribution is 0.399. The van der Waals surface area contributed by atoms with Crippen LogP contribution >= 0.6 is 11.6 Å². The zero-order valence-corrected chi connectivity index (χ0v) is 13.4. The number of nitrogen functional groups attached to an aromatic ring is 1. The minimum atomic E-state index is -3.85. The quantitative estimate of drug-likeness (QED) is 0.860. The molecule has 1 unspecified atom stereocenters. The summed E-state index contributed by atoms with van der Waals surface area (Å²) in [6, 6.07) is 0.837. The lowest BCUT2D eigenvalue weighted by Crippen LogP contribution is -2.33. The molecule has 1 aliphatic heterocycles. The maximum absolute atomic E-state index is 12.5. The number of nitrogens with zero attached hydrogens (tertiary/aromatic N) is 4. The Labute approximate surface area is 132 Å². The monoisotopic (exact) mass is 342 g/mol. The zero-order chi connectivity index (χ0) is 15.9. The fourth-order valence-electron chi connectivity index (χ4n) is 2.48. The van der Waals surface area contributed by atoms with E-state index in [0.29, 0.717) is 18.1 Å². The van der Waals surface area contributed by atoms with E-state index < -0.39 is 16.1 Å². The van der Waals surface area contributed by atoms with Crippen molar-refractivity contribution in [1.82, 2.24) is 24.5 Å². The minimum Gasteiger partial charge on any atom is -0.383 e. The van der Waals surface area contributed by atoms with Crippen molar-refractivity contribution in [3.05, 3.63) is 28.9 Å². The van der Waals surface area contributed by atoms with Gasteiger partial charge in [0.25, 0.3) is 0 Å². The molecule has 22 heavy (non-hydrogen) atoms. The van der Waals surface area contributed by atoms with E-state index >= 15 is 0 Å². The number of nitrogens with two attached hydrogens (primary N) is 1. The molecule has 0 saturated carbocycles. The SMILES string of the molecule is Cc1nc2n(n1)CCCC2NS(=O)(=O)c1cc(Cl)cnc1N. The summed E-state index contributed by atoms with van der Waals surface area (Å²) in [5.41, 5.74) is 5.66. The molecule has 0 saturated heterocycles. The van der Waals surface area contributed by atoms with Gasteiger partial charge in [0.1, 0.15) is 22.4 Å². The predicted molar refractivity (Wildman–Crippen MR) is 80.7 cm³/mol. The fraction of sp³-hybridized carbons (Fsp3) is 0.417. The lowest BCUT2D eigenvalue weighted by Gasteiger charge is -2.23. The third-order valence-electron chi connectivity index (χ3n) is 3.42. The maximum atomic E-state index is 12.5. The van der Waals surface area contributed by atoms with E-state index in [1.165, 1.54) is 12.3 Å². The molecule has 2 aromatic heterocycles. The molecule has 8 nitrogen and oxygen atoms in total. The number of nitrogens with one attached hydrogen (secondary N) is 1. The number of sulfonamides is 1. The Bertz CT molecular complexity index is 819. The maximum Gasteiger partial charge on any atom is 0.244 e. The second-order valence-electron chi connectivity index (χ2n) is 5.09. The molecule has 3 N–H and O–H groups in total. The van der Waals surface area contributed by atoms with Crippen LogP contribution in [0.3, 0.4) is 0 Å². The van der Waals surface area contributed by atoms with Crippen LogP contribution in [0.25, 0.3) is 0 Å². The fourth-order valence-corrected chi connectivity index (χ4v) is 4.03. The van der Waals surface area contributed by atoms with Crippen molar-refractivity contribution in [3.63, 3.8) is 0 Å². The Morgan fingerprint density at radius 2 is 2.27 bits per heavy atom. The molecule has 1 aliphatic rings. The largest absolute Gasteiger partial charge is 0.383 e. The van der Waals surface area contributed by atoms with Crippen LogP contribution in [0.2, 0.25) is 5.02 Å². The second kappa shape index (κ2) is 5.49. The third-order valence-corrected chi connectivity index (χ3v) is 5.12. The molecule has 0 radical (unpaired) electrons. The Kier molecular flexibility index (Phi) is 3.79. The van der Waals surface area contributed by atoms with E-state index in [1.807, 2.05) is 0 Å². The van der Waals surface area contributed by atoms with E-state index in [1.54, 1.807) is 11.6 Å². The highest BCUT2D eigenvalue weighted by molar-refractivity contribution is 7.89. The summed E-state index contributed by atoms with van der Waals surface area (Å²) in [6.07, 6.45) is 2.76. The summed E-state index contributed by atoms with van der Waals surface area (Å²) in [7, 11) is -3.85. The highest BCUT2D eigenvalue weighted by atomic mass is 35.5. The number of aromatic nitrogens is 4. The van der Waals surface area contributed by atoms with E-state index in [4.69, 9.17) is 17.3 Å². The summed E-state index contributed by atoms with van der Waals surface area (Å²) in [5.74, 6) is 1.14. The molecular weight excluding hydrogens is 328 g/mol.